The average Bonchev–Trinajstić information content (AvgIpc) is 3.05. The SMILES string of the molecule is COc1cccc(C(NS(=O)(=O)c2c(Cl)cccc2Cl)c2nccn2C)c1. The Morgan fingerprint density at radius 1 is 1.15 bits per heavy atom. The summed E-state index contributed by atoms with van der Waals surface area (Å²) in [5, 5.41) is 0.0819. The van der Waals surface area contributed by atoms with Crippen LogP contribution in [0.15, 0.2) is 59.8 Å². The van der Waals surface area contributed by atoms with E-state index in [0.29, 0.717) is 17.1 Å². The van der Waals surface area contributed by atoms with Gasteiger partial charge in [-0.15, -0.1) is 0 Å². The summed E-state index contributed by atoms with van der Waals surface area (Å²) in [5.74, 6) is 1.11. The normalized spacial score (nSPS) is 12.7. The van der Waals surface area contributed by atoms with Gasteiger partial charge in [-0.05, 0) is 29.8 Å². The Labute approximate surface area is 167 Å². The van der Waals surface area contributed by atoms with Crippen LogP contribution in [0.2, 0.25) is 10.0 Å². The van der Waals surface area contributed by atoms with Gasteiger partial charge in [0.2, 0.25) is 10.0 Å². The van der Waals surface area contributed by atoms with Crippen LogP contribution in [0.5, 0.6) is 5.75 Å². The molecule has 0 aliphatic carbocycles. The Morgan fingerprint density at radius 3 is 2.41 bits per heavy atom. The third-order valence-electron chi connectivity index (χ3n) is 4.00. The first-order chi connectivity index (χ1) is 12.8. The Hall–Kier alpha value is -2.06. The molecule has 0 saturated heterocycles. The molecule has 0 fully saturated rings. The van der Waals surface area contributed by atoms with Crippen molar-refractivity contribution in [2.75, 3.05) is 7.11 Å². The molecule has 0 amide bonds. The van der Waals surface area contributed by atoms with E-state index >= 15 is 0 Å². The summed E-state index contributed by atoms with van der Waals surface area (Å²) in [5.41, 5.74) is 0.662. The van der Waals surface area contributed by atoms with E-state index < -0.39 is 16.1 Å². The van der Waals surface area contributed by atoms with Crippen molar-refractivity contribution >= 4 is 33.2 Å². The van der Waals surface area contributed by atoms with Crippen LogP contribution >= 0.6 is 23.2 Å². The first-order valence-electron chi connectivity index (χ1n) is 7.91. The van der Waals surface area contributed by atoms with Crippen molar-refractivity contribution in [1.82, 2.24) is 14.3 Å². The molecule has 0 radical (unpaired) electrons. The number of rotatable bonds is 6. The quantitative estimate of drug-likeness (QED) is 0.651. The van der Waals surface area contributed by atoms with Crippen LogP contribution in [0.25, 0.3) is 0 Å². The second kappa shape index (κ2) is 7.90. The topological polar surface area (TPSA) is 73.2 Å². The maximum atomic E-state index is 13.1. The van der Waals surface area contributed by atoms with Crippen molar-refractivity contribution in [2.24, 2.45) is 7.05 Å². The third kappa shape index (κ3) is 4.11. The third-order valence-corrected chi connectivity index (χ3v) is 6.38. The van der Waals surface area contributed by atoms with E-state index in [1.165, 1.54) is 12.1 Å². The summed E-state index contributed by atoms with van der Waals surface area (Å²) in [4.78, 5) is 4.13. The van der Waals surface area contributed by atoms with Gasteiger partial charge in [-0.3, -0.25) is 0 Å². The lowest BCUT2D eigenvalue weighted by Crippen LogP contribution is -2.31. The van der Waals surface area contributed by atoms with Crippen molar-refractivity contribution in [1.29, 1.82) is 0 Å². The highest BCUT2D eigenvalue weighted by molar-refractivity contribution is 7.89. The summed E-state index contributed by atoms with van der Waals surface area (Å²) >= 11 is 12.2. The van der Waals surface area contributed by atoms with Gasteiger partial charge in [0.15, 0.2) is 0 Å². The summed E-state index contributed by atoms with van der Waals surface area (Å²) in [6.07, 6.45) is 3.33. The molecule has 27 heavy (non-hydrogen) atoms. The molecule has 1 aromatic heterocycles. The molecule has 1 atom stereocenters. The lowest BCUT2D eigenvalue weighted by Gasteiger charge is -2.20. The molecule has 1 N–H and O–H groups in total. The molecule has 1 unspecified atom stereocenters. The van der Waals surface area contributed by atoms with E-state index in [4.69, 9.17) is 27.9 Å². The number of nitrogens with one attached hydrogen (secondary N) is 1. The van der Waals surface area contributed by atoms with Crippen molar-refractivity contribution in [3.63, 3.8) is 0 Å². The van der Waals surface area contributed by atoms with Gasteiger partial charge < -0.3 is 9.30 Å². The molecule has 0 bridgehead atoms. The van der Waals surface area contributed by atoms with Gasteiger partial charge in [-0.1, -0.05) is 41.4 Å². The number of halogens is 2. The highest BCUT2D eigenvalue weighted by Crippen LogP contribution is 2.32. The zero-order valence-electron chi connectivity index (χ0n) is 14.6. The molecule has 0 aliphatic rings. The van der Waals surface area contributed by atoms with Crippen molar-refractivity contribution < 1.29 is 13.2 Å². The summed E-state index contributed by atoms with van der Waals surface area (Å²) in [7, 11) is -0.711. The molecule has 9 heteroatoms. The van der Waals surface area contributed by atoms with Crippen LogP contribution in [0.1, 0.15) is 17.4 Å². The molecule has 1 heterocycles. The van der Waals surface area contributed by atoms with Crippen molar-refractivity contribution in [3.05, 3.63) is 76.3 Å². The molecule has 6 nitrogen and oxygen atoms in total. The zero-order chi connectivity index (χ0) is 19.6. The van der Waals surface area contributed by atoms with E-state index in [-0.39, 0.29) is 14.9 Å². The molecule has 0 spiro atoms. The fourth-order valence-corrected chi connectivity index (χ4v) is 5.03. The molecule has 0 saturated carbocycles. The smallest absolute Gasteiger partial charge is 0.244 e. The highest BCUT2D eigenvalue weighted by atomic mass is 35.5. The number of aryl methyl sites for hydroxylation is 1. The molecular weight excluding hydrogens is 409 g/mol. The van der Waals surface area contributed by atoms with E-state index in [2.05, 4.69) is 9.71 Å². The van der Waals surface area contributed by atoms with Crippen LogP contribution in [0.3, 0.4) is 0 Å². The van der Waals surface area contributed by atoms with Gasteiger partial charge in [-0.2, -0.15) is 4.72 Å². The van der Waals surface area contributed by atoms with E-state index in [1.807, 2.05) is 0 Å². The van der Waals surface area contributed by atoms with Crippen LogP contribution in [-0.2, 0) is 17.1 Å². The predicted octanol–water partition coefficient (Wildman–Crippen LogP) is 3.80. The maximum Gasteiger partial charge on any atom is 0.244 e. The van der Waals surface area contributed by atoms with Gasteiger partial charge in [0.1, 0.15) is 22.5 Å². The number of hydrogen-bond donors (Lipinski definition) is 1. The Balaban J connectivity index is 2.10. The monoisotopic (exact) mass is 425 g/mol. The number of imidazole rings is 1. The molecule has 3 rings (SSSR count). The zero-order valence-corrected chi connectivity index (χ0v) is 16.9. The maximum absolute atomic E-state index is 13.1. The fourth-order valence-electron chi connectivity index (χ4n) is 2.70. The van der Waals surface area contributed by atoms with Gasteiger partial charge in [0.25, 0.3) is 0 Å². The minimum absolute atomic E-state index is 0.0410. The average molecular weight is 426 g/mol. The highest BCUT2D eigenvalue weighted by Gasteiger charge is 2.29. The van der Waals surface area contributed by atoms with E-state index in [0.717, 1.165) is 0 Å². The second-order valence-electron chi connectivity index (χ2n) is 5.78. The lowest BCUT2D eigenvalue weighted by molar-refractivity contribution is 0.413. The Kier molecular flexibility index (Phi) is 5.76. The standard InChI is InChI=1S/C18H17Cl2N3O3S/c1-23-10-9-21-18(23)16(12-5-3-6-13(11-12)26-2)22-27(24,25)17-14(19)7-4-8-15(17)20/h3-11,16,22H,1-2H3. The first-order valence-corrected chi connectivity index (χ1v) is 10.1. The number of nitrogens with zero attached hydrogens (tertiary/aromatic N) is 2. The fraction of sp³-hybridized carbons (Fsp3) is 0.167. The molecule has 3 aromatic rings. The second-order valence-corrected chi connectivity index (χ2v) is 8.24. The molecule has 2 aromatic carbocycles. The number of ether oxygens (including phenoxy) is 1. The number of hydrogen-bond acceptors (Lipinski definition) is 4. The number of sulfonamides is 1. The van der Waals surface area contributed by atoms with E-state index in [1.54, 1.807) is 61.5 Å². The van der Waals surface area contributed by atoms with Crippen LogP contribution in [0.4, 0.5) is 0 Å². The van der Waals surface area contributed by atoms with E-state index in [9.17, 15) is 8.42 Å². The van der Waals surface area contributed by atoms with Crippen molar-refractivity contribution in [3.8, 4) is 5.75 Å². The molecule has 142 valence electrons. The largest absolute Gasteiger partial charge is 0.497 e. The summed E-state index contributed by atoms with van der Waals surface area (Å²) in [6, 6.07) is 10.9. The van der Waals surface area contributed by atoms with Crippen LogP contribution in [0, 0.1) is 0 Å². The van der Waals surface area contributed by atoms with Crippen LogP contribution < -0.4 is 9.46 Å². The number of methoxy groups -OCH3 is 1. The number of aromatic nitrogens is 2. The Bertz CT molecular complexity index is 1050. The first kappa shape index (κ1) is 19.7. The minimum Gasteiger partial charge on any atom is -0.497 e. The van der Waals surface area contributed by atoms with Crippen molar-refractivity contribution in [2.45, 2.75) is 10.9 Å². The Morgan fingerprint density at radius 2 is 1.81 bits per heavy atom. The lowest BCUT2D eigenvalue weighted by atomic mass is 10.1. The minimum atomic E-state index is -4.04. The van der Waals surface area contributed by atoms with Crippen LogP contribution in [-0.4, -0.2) is 25.1 Å². The van der Waals surface area contributed by atoms with Gasteiger partial charge in [0.05, 0.1) is 17.2 Å². The van der Waals surface area contributed by atoms with Gasteiger partial charge >= 0.3 is 0 Å². The van der Waals surface area contributed by atoms with Gasteiger partial charge in [-0.25, -0.2) is 13.4 Å². The summed E-state index contributed by atoms with van der Waals surface area (Å²) < 4.78 is 35.8. The predicted molar refractivity (Wildman–Crippen MR) is 105 cm³/mol. The number of benzene rings is 2. The summed E-state index contributed by atoms with van der Waals surface area (Å²) in [6.45, 7) is 0. The molecule has 0 aliphatic heterocycles. The molecular formula is C18H17Cl2N3O3S. The van der Waals surface area contributed by atoms with Gasteiger partial charge in [0, 0.05) is 19.4 Å².